The van der Waals surface area contributed by atoms with Crippen molar-refractivity contribution < 1.29 is 38.1 Å². The average Bonchev–Trinajstić information content (AvgIpc) is 2.99. The number of ether oxygens (including phenoxy) is 1. The van der Waals surface area contributed by atoms with Gasteiger partial charge in [0.1, 0.15) is 5.75 Å². The number of benzene rings is 3. The molecule has 3 aromatic rings. The average molecular weight is 626 g/mol. The molecule has 6 N–H and O–H groups in total. The van der Waals surface area contributed by atoms with Gasteiger partial charge in [-0.3, -0.25) is 4.79 Å². The van der Waals surface area contributed by atoms with E-state index in [1.807, 2.05) is 29.0 Å². The number of hydrogen-bond acceptors (Lipinski definition) is 8. The van der Waals surface area contributed by atoms with Crippen LogP contribution >= 0.6 is 0 Å². The molecule has 1 fully saturated rings. The van der Waals surface area contributed by atoms with Crippen LogP contribution in [-0.2, 0) is 16.4 Å². The van der Waals surface area contributed by atoms with Crippen molar-refractivity contribution in [3.63, 3.8) is 0 Å². The summed E-state index contributed by atoms with van der Waals surface area (Å²) in [6.07, 6.45) is 3.05. The third kappa shape index (κ3) is 9.18. The summed E-state index contributed by atoms with van der Waals surface area (Å²) in [5, 5.41) is 29.2. The quantitative estimate of drug-likeness (QED) is 0.176. The van der Waals surface area contributed by atoms with Crippen molar-refractivity contribution in [1.29, 1.82) is 0 Å². The summed E-state index contributed by atoms with van der Waals surface area (Å²) in [6.45, 7) is -0.506. The van der Waals surface area contributed by atoms with Gasteiger partial charge in [-0.2, -0.15) is 0 Å². The number of sulfonamides is 1. The Labute approximate surface area is 257 Å². The Morgan fingerprint density at radius 3 is 2.27 bits per heavy atom. The minimum absolute atomic E-state index is 0.0810. The fraction of sp³-hybridized carbons (Fsp3) is 0.375. The molecule has 1 saturated carbocycles. The SMILES string of the molecule is Nc1ccc([C@@H](O)CN(CCc2ccc(-c3ccc(C(=O)NS(=O)(=O)CCO)c(OC4CCCCC4)c3)cc2)C(=O)O)cc1. The predicted molar refractivity (Wildman–Crippen MR) is 167 cm³/mol. The maximum atomic E-state index is 12.9. The van der Waals surface area contributed by atoms with Gasteiger partial charge in [-0.15, -0.1) is 0 Å². The normalized spacial score (nSPS) is 14.5. The summed E-state index contributed by atoms with van der Waals surface area (Å²) in [6, 6.07) is 19.1. The standard InChI is InChI=1S/C32H39N3O8S/c33-26-13-10-24(11-14-26)29(37)21-35(32(39)40)17-16-22-6-8-23(9-7-22)25-12-15-28(31(38)34-44(41,42)19-18-36)30(20-25)43-27-4-2-1-3-5-27/h6-15,20,27,29,36-37H,1-5,16-19,21,33H2,(H,34,38)(H,39,40)/t29-/m0/s1. The molecule has 3 aromatic carbocycles. The maximum absolute atomic E-state index is 12.9. The monoisotopic (exact) mass is 625 g/mol. The van der Waals surface area contributed by atoms with Gasteiger partial charge in [0.25, 0.3) is 5.91 Å². The third-order valence-electron chi connectivity index (χ3n) is 7.62. The second kappa shape index (κ2) is 15.0. The number of hydrogen-bond donors (Lipinski definition) is 5. The smallest absolute Gasteiger partial charge is 0.407 e. The Bertz CT molecular complexity index is 1520. The van der Waals surface area contributed by atoms with Crippen LogP contribution in [0.3, 0.4) is 0 Å². The molecule has 1 atom stereocenters. The Hall–Kier alpha value is -4.13. The van der Waals surface area contributed by atoms with Crippen molar-refractivity contribution >= 4 is 27.7 Å². The van der Waals surface area contributed by atoms with Gasteiger partial charge < -0.3 is 30.7 Å². The lowest BCUT2D eigenvalue weighted by Crippen LogP contribution is -2.35. The van der Waals surface area contributed by atoms with Gasteiger partial charge in [0.05, 0.1) is 36.7 Å². The van der Waals surface area contributed by atoms with Crippen LogP contribution in [0.1, 0.15) is 59.7 Å². The summed E-state index contributed by atoms with van der Waals surface area (Å²) in [4.78, 5) is 25.9. The van der Waals surface area contributed by atoms with Gasteiger partial charge >= 0.3 is 6.09 Å². The lowest BCUT2D eigenvalue weighted by Gasteiger charge is -2.24. The minimum atomic E-state index is -4.00. The number of amides is 2. The van der Waals surface area contributed by atoms with E-state index in [-0.39, 0.29) is 30.5 Å². The number of carboxylic acid groups (broad SMARTS) is 1. The van der Waals surface area contributed by atoms with E-state index >= 15 is 0 Å². The molecular formula is C32H39N3O8S. The Balaban J connectivity index is 1.47. The van der Waals surface area contributed by atoms with Gasteiger partial charge in [0.2, 0.25) is 10.0 Å². The zero-order valence-electron chi connectivity index (χ0n) is 24.4. The van der Waals surface area contributed by atoms with Crippen molar-refractivity contribution in [2.75, 3.05) is 31.2 Å². The molecule has 0 saturated heterocycles. The predicted octanol–water partition coefficient (Wildman–Crippen LogP) is 3.96. The van der Waals surface area contributed by atoms with E-state index in [9.17, 15) is 28.2 Å². The Morgan fingerprint density at radius 2 is 1.64 bits per heavy atom. The highest BCUT2D eigenvalue weighted by atomic mass is 32.2. The van der Waals surface area contributed by atoms with Crippen molar-refractivity contribution in [2.24, 2.45) is 0 Å². The van der Waals surface area contributed by atoms with Crippen LogP contribution in [0.2, 0.25) is 0 Å². The van der Waals surface area contributed by atoms with Crippen LogP contribution in [0.5, 0.6) is 5.75 Å². The molecule has 1 aliphatic carbocycles. The van der Waals surface area contributed by atoms with Crippen molar-refractivity contribution in [2.45, 2.75) is 50.7 Å². The molecule has 1 aliphatic rings. The molecule has 0 bridgehead atoms. The van der Waals surface area contributed by atoms with Gasteiger partial charge in [-0.25, -0.2) is 17.9 Å². The highest BCUT2D eigenvalue weighted by Crippen LogP contribution is 2.31. The maximum Gasteiger partial charge on any atom is 0.407 e. The van der Waals surface area contributed by atoms with Gasteiger partial charge in [-0.05, 0) is 78.6 Å². The first-order valence-electron chi connectivity index (χ1n) is 14.6. The molecule has 236 valence electrons. The zero-order chi connectivity index (χ0) is 31.7. The van der Waals surface area contributed by atoms with E-state index in [4.69, 9.17) is 15.6 Å². The molecule has 0 unspecified atom stereocenters. The summed E-state index contributed by atoms with van der Waals surface area (Å²) in [7, 11) is -4.00. The highest BCUT2D eigenvalue weighted by molar-refractivity contribution is 7.90. The zero-order valence-corrected chi connectivity index (χ0v) is 25.2. The number of nitrogens with two attached hydrogens (primary N) is 1. The first-order valence-corrected chi connectivity index (χ1v) is 16.3. The fourth-order valence-electron chi connectivity index (χ4n) is 5.14. The van der Waals surface area contributed by atoms with Crippen molar-refractivity contribution in [3.05, 3.63) is 83.4 Å². The number of nitrogen functional groups attached to an aromatic ring is 1. The van der Waals surface area contributed by atoms with Crippen molar-refractivity contribution in [3.8, 4) is 16.9 Å². The molecule has 11 nitrogen and oxygen atoms in total. The summed E-state index contributed by atoms with van der Waals surface area (Å²) >= 11 is 0. The number of nitrogens with zero attached hydrogens (tertiary/aromatic N) is 1. The molecule has 44 heavy (non-hydrogen) atoms. The number of aliphatic hydroxyl groups is 2. The van der Waals surface area contributed by atoms with E-state index in [1.165, 1.54) is 11.0 Å². The first kappa shape index (κ1) is 32.8. The van der Waals surface area contributed by atoms with E-state index in [0.717, 1.165) is 48.8 Å². The highest BCUT2D eigenvalue weighted by Gasteiger charge is 2.23. The lowest BCUT2D eigenvalue weighted by atomic mass is 9.97. The molecule has 0 heterocycles. The van der Waals surface area contributed by atoms with Gasteiger partial charge in [0.15, 0.2) is 0 Å². The van der Waals surface area contributed by atoms with Crippen LogP contribution in [0.15, 0.2) is 66.7 Å². The minimum Gasteiger partial charge on any atom is -0.490 e. The Morgan fingerprint density at radius 1 is 0.977 bits per heavy atom. The molecule has 4 rings (SSSR count). The van der Waals surface area contributed by atoms with Crippen molar-refractivity contribution in [1.82, 2.24) is 9.62 Å². The number of carbonyl (C=O) groups excluding carboxylic acids is 1. The second-order valence-electron chi connectivity index (χ2n) is 10.9. The van der Waals surface area contributed by atoms with Gasteiger partial charge in [0, 0.05) is 12.2 Å². The number of aliphatic hydroxyl groups excluding tert-OH is 2. The van der Waals surface area contributed by atoms with E-state index in [1.54, 1.807) is 36.4 Å². The topological polar surface area (TPSA) is 179 Å². The number of nitrogens with one attached hydrogen (secondary N) is 1. The summed E-state index contributed by atoms with van der Waals surface area (Å²) < 4.78 is 32.5. The third-order valence-corrected chi connectivity index (χ3v) is 8.84. The molecule has 0 aliphatic heterocycles. The summed E-state index contributed by atoms with van der Waals surface area (Å²) in [5.74, 6) is -1.13. The van der Waals surface area contributed by atoms with Crippen LogP contribution in [0.25, 0.3) is 11.1 Å². The number of rotatable bonds is 13. The molecule has 12 heteroatoms. The fourth-order valence-corrected chi connectivity index (χ4v) is 5.88. The molecule has 2 amide bonds. The lowest BCUT2D eigenvalue weighted by molar-refractivity contribution is 0.0967. The molecule has 0 aromatic heterocycles. The van der Waals surface area contributed by atoms with Crippen LogP contribution < -0.4 is 15.2 Å². The number of carbonyl (C=O) groups is 2. The van der Waals surface area contributed by atoms with Crippen LogP contribution in [0.4, 0.5) is 10.5 Å². The Kier molecular flexibility index (Phi) is 11.2. The first-order chi connectivity index (χ1) is 21.0. The molecule has 0 spiro atoms. The second-order valence-corrected chi connectivity index (χ2v) is 12.8. The summed E-state index contributed by atoms with van der Waals surface area (Å²) in [5.41, 5.74) is 9.40. The van der Waals surface area contributed by atoms with Gasteiger partial charge in [-0.1, -0.05) is 48.9 Å². The van der Waals surface area contributed by atoms with E-state index in [0.29, 0.717) is 17.7 Å². The van der Waals surface area contributed by atoms with Crippen LogP contribution in [0, 0.1) is 0 Å². The number of anilines is 1. The molecular weight excluding hydrogens is 586 g/mol. The molecule has 0 radical (unpaired) electrons. The van der Waals surface area contributed by atoms with Crippen LogP contribution in [-0.4, -0.2) is 72.2 Å². The van der Waals surface area contributed by atoms with E-state index in [2.05, 4.69) is 0 Å². The largest absolute Gasteiger partial charge is 0.490 e. The van der Waals surface area contributed by atoms with E-state index < -0.39 is 40.5 Å².